The molecule has 0 atom stereocenters. The first kappa shape index (κ1) is 27.9. The molecule has 1 amide bonds. The van der Waals surface area contributed by atoms with Crippen LogP contribution >= 0.6 is 11.6 Å². The van der Waals surface area contributed by atoms with Crippen LogP contribution in [0.4, 0.5) is 24.5 Å². The molecule has 3 aromatic carbocycles. The van der Waals surface area contributed by atoms with Crippen LogP contribution in [0, 0.1) is 0 Å². The Hall–Kier alpha value is -3.64. The number of nitrogens with zero attached hydrogens (tertiary/aromatic N) is 1. The summed E-state index contributed by atoms with van der Waals surface area (Å²) in [4.78, 5) is 12.6. The maximum atomic E-state index is 13.6. The Morgan fingerprint density at radius 2 is 1.57 bits per heavy atom. The molecule has 0 heterocycles. The molecule has 13 heteroatoms. The van der Waals surface area contributed by atoms with Crippen molar-refractivity contribution >= 4 is 38.9 Å². The summed E-state index contributed by atoms with van der Waals surface area (Å²) in [6, 6.07) is 11.7. The molecule has 3 rings (SSSR count). The van der Waals surface area contributed by atoms with E-state index in [0.717, 1.165) is 24.3 Å². The highest BCUT2D eigenvalue weighted by molar-refractivity contribution is 7.92. The van der Waals surface area contributed by atoms with Gasteiger partial charge in [0.1, 0.15) is 12.3 Å². The van der Waals surface area contributed by atoms with Crippen LogP contribution in [0.2, 0.25) is 5.02 Å². The number of anilines is 2. The van der Waals surface area contributed by atoms with Crippen LogP contribution in [0.5, 0.6) is 17.2 Å². The average Bonchev–Trinajstić information content (AvgIpc) is 2.86. The minimum atomic E-state index is -4.74. The van der Waals surface area contributed by atoms with E-state index in [2.05, 4.69) is 5.32 Å². The third kappa shape index (κ3) is 6.38. The lowest BCUT2D eigenvalue weighted by Crippen LogP contribution is -2.38. The van der Waals surface area contributed by atoms with Gasteiger partial charge < -0.3 is 19.5 Å². The lowest BCUT2D eigenvalue weighted by Gasteiger charge is -2.25. The standard InChI is InChI=1S/C24H22ClF3N2O6S/c1-34-20-9-7-16(25)12-19(20)29-23(31)14-30(17-6-4-5-15(11-17)24(26,27)28)37(32,33)18-8-10-21(35-2)22(13-18)36-3/h4-13H,14H2,1-3H3,(H,29,31). The van der Waals surface area contributed by atoms with Crippen molar-refractivity contribution < 1.29 is 40.6 Å². The molecule has 0 saturated heterocycles. The Kier molecular flexibility index (Phi) is 8.44. The Morgan fingerprint density at radius 1 is 0.919 bits per heavy atom. The minimum absolute atomic E-state index is 0.0701. The van der Waals surface area contributed by atoms with Crippen molar-refractivity contribution in [2.45, 2.75) is 11.1 Å². The molecule has 0 spiro atoms. The smallest absolute Gasteiger partial charge is 0.416 e. The Labute approximate surface area is 216 Å². The minimum Gasteiger partial charge on any atom is -0.495 e. The van der Waals surface area contributed by atoms with Crippen molar-refractivity contribution in [1.29, 1.82) is 0 Å². The quantitative estimate of drug-likeness (QED) is 0.387. The zero-order valence-electron chi connectivity index (χ0n) is 19.8. The van der Waals surface area contributed by atoms with E-state index in [9.17, 15) is 26.4 Å². The first-order valence-electron chi connectivity index (χ1n) is 10.5. The molecule has 0 bridgehead atoms. The first-order valence-corrected chi connectivity index (χ1v) is 12.3. The average molecular weight is 559 g/mol. The molecular formula is C24H22ClF3N2O6S. The third-order valence-electron chi connectivity index (χ3n) is 5.13. The molecule has 198 valence electrons. The van der Waals surface area contributed by atoms with E-state index in [-0.39, 0.29) is 38.5 Å². The molecule has 0 unspecified atom stereocenters. The zero-order chi connectivity index (χ0) is 27.4. The van der Waals surface area contributed by atoms with Crippen LogP contribution < -0.4 is 23.8 Å². The predicted molar refractivity (Wildman–Crippen MR) is 132 cm³/mol. The van der Waals surface area contributed by atoms with E-state index < -0.39 is 34.2 Å². The molecule has 0 saturated carbocycles. The highest BCUT2D eigenvalue weighted by Gasteiger charge is 2.33. The number of rotatable bonds is 9. The molecule has 3 aromatic rings. The summed E-state index contributed by atoms with van der Waals surface area (Å²) < 4.78 is 83.5. The van der Waals surface area contributed by atoms with Crippen LogP contribution in [0.25, 0.3) is 0 Å². The lowest BCUT2D eigenvalue weighted by atomic mass is 10.2. The Balaban J connectivity index is 2.08. The van der Waals surface area contributed by atoms with Crippen molar-refractivity contribution in [3.05, 3.63) is 71.2 Å². The van der Waals surface area contributed by atoms with Gasteiger partial charge in [0.25, 0.3) is 10.0 Å². The summed E-state index contributed by atoms with van der Waals surface area (Å²) in [5.41, 5.74) is -1.32. The van der Waals surface area contributed by atoms with Crippen molar-refractivity contribution in [2.24, 2.45) is 0 Å². The van der Waals surface area contributed by atoms with Gasteiger partial charge in [-0.1, -0.05) is 17.7 Å². The fraction of sp³-hybridized carbons (Fsp3) is 0.208. The number of hydrogen-bond donors (Lipinski definition) is 1. The Morgan fingerprint density at radius 3 is 2.19 bits per heavy atom. The van der Waals surface area contributed by atoms with Gasteiger partial charge in [-0.15, -0.1) is 0 Å². The molecule has 37 heavy (non-hydrogen) atoms. The molecule has 0 aliphatic carbocycles. The SMILES string of the molecule is COc1ccc(Cl)cc1NC(=O)CN(c1cccc(C(F)(F)F)c1)S(=O)(=O)c1ccc(OC)c(OC)c1. The summed E-state index contributed by atoms with van der Waals surface area (Å²) >= 11 is 5.98. The van der Waals surface area contributed by atoms with Gasteiger partial charge in [-0.2, -0.15) is 13.2 Å². The fourth-order valence-corrected chi connectivity index (χ4v) is 4.96. The molecule has 0 aromatic heterocycles. The van der Waals surface area contributed by atoms with Gasteiger partial charge in [0, 0.05) is 11.1 Å². The number of hydrogen-bond acceptors (Lipinski definition) is 6. The lowest BCUT2D eigenvalue weighted by molar-refractivity contribution is -0.137. The van der Waals surface area contributed by atoms with Crippen LogP contribution in [-0.4, -0.2) is 42.2 Å². The highest BCUT2D eigenvalue weighted by atomic mass is 35.5. The molecule has 0 aliphatic heterocycles. The molecule has 8 nitrogen and oxygen atoms in total. The highest BCUT2D eigenvalue weighted by Crippen LogP contribution is 2.35. The van der Waals surface area contributed by atoms with Gasteiger partial charge in [-0.25, -0.2) is 8.42 Å². The summed E-state index contributed by atoms with van der Waals surface area (Å²) in [6.45, 7) is -0.867. The van der Waals surface area contributed by atoms with Crippen LogP contribution in [0.3, 0.4) is 0 Å². The van der Waals surface area contributed by atoms with Gasteiger partial charge in [0.05, 0.1) is 43.2 Å². The summed E-state index contributed by atoms with van der Waals surface area (Å²) in [7, 11) is -0.564. The van der Waals surface area contributed by atoms with Gasteiger partial charge in [-0.05, 0) is 48.5 Å². The molecule has 1 N–H and O–H groups in total. The molecule has 0 radical (unpaired) electrons. The van der Waals surface area contributed by atoms with E-state index in [1.54, 1.807) is 0 Å². The van der Waals surface area contributed by atoms with Gasteiger partial charge in [0.15, 0.2) is 11.5 Å². The second-order valence-corrected chi connectivity index (χ2v) is 9.77. The van der Waals surface area contributed by atoms with Gasteiger partial charge in [0.2, 0.25) is 5.91 Å². The first-order chi connectivity index (χ1) is 17.4. The van der Waals surface area contributed by atoms with Crippen LogP contribution in [-0.2, 0) is 21.0 Å². The van der Waals surface area contributed by atoms with Crippen LogP contribution in [0.15, 0.2) is 65.6 Å². The second kappa shape index (κ2) is 11.2. The summed E-state index contributed by atoms with van der Waals surface area (Å²) in [6.07, 6.45) is -4.74. The number of sulfonamides is 1. The molecule has 0 fully saturated rings. The van der Waals surface area contributed by atoms with Crippen molar-refractivity contribution in [3.63, 3.8) is 0 Å². The number of methoxy groups -OCH3 is 3. The van der Waals surface area contributed by atoms with Crippen molar-refractivity contribution in [2.75, 3.05) is 37.5 Å². The van der Waals surface area contributed by atoms with Gasteiger partial charge in [-0.3, -0.25) is 9.10 Å². The van der Waals surface area contributed by atoms with E-state index >= 15 is 0 Å². The normalized spacial score (nSPS) is 11.5. The maximum absolute atomic E-state index is 13.6. The third-order valence-corrected chi connectivity index (χ3v) is 7.13. The fourth-order valence-electron chi connectivity index (χ4n) is 3.35. The number of carbonyl (C=O) groups is 1. The van der Waals surface area contributed by atoms with Crippen molar-refractivity contribution in [1.82, 2.24) is 0 Å². The number of halogens is 4. The molecular weight excluding hydrogens is 537 g/mol. The number of ether oxygens (including phenoxy) is 3. The number of nitrogens with one attached hydrogen (secondary N) is 1. The Bertz CT molecular complexity index is 1400. The maximum Gasteiger partial charge on any atom is 0.416 e. The van der Waals surface area contributed by atoms with Gasteiger partial charge >= 0.3 is 6.18 Å². The predicted octanol–water partition coefficient (Wildman–Crippen LogP) is 5.22. The monoisotopic (exact) mass is 558 g/mol. The van der Waals surface area contributed by atoms with Crippen molar-refractivity contribution in [3.8, 4) is 17.2 Å². The zero-order valence-corrected chi connectivity index (χ0v) is 21.4. The van der Waals surface area contributed by atoms with E-state index in [1.807, 2.05) is 0 Å². The number of alkyl halides is 3. The van der Waals surface area contributed by atoms with E-state index in [0.29, 0.717) is 10.4 Å². The number of carbonyl (C=O) groups excluding carboxylic acids is 1. The van der Waals surface area contributed by atoms with Crippen LogP contribution in [0.1, 0.15) is 5.56 Å². The number of amides is 1. The summed E-state index contributed by atoms with van der Waals surface area (Å²) in [5, 5.41) is 2.76. The second-order valence-electron chi connectivity index (χ2n) is 7.47. The number of benzene rings is 3. The summed E-state index contributed by atoms with van der Waals surface area (Å²) in [5.74, 6) is -0.313. The molecule has 0 aliphatic rings. The topological polar surface area (TPSA) is 94.2 Å². The van der Waals surface area contributed by atoms with E-state index in [1.165, 1.54) is 51.7 Å². The van der Waals surface area contributed by atoms with E-state index in [4.69, 9.17) is 25.8 Å². The largest absolute Gasteiger partial charge is 0.495 e.